The molecule has 1 aliphatic rings. The van der Waals surface area contributed by atoms with Gasteiger partial charge >= 0.3 is 11.9 Å². The van der Waals surface area contributed by atoms with Gasteiger partial charge in [-0.25, -0.2) is 9.78 Å². The average molecular weight is 1540 g/mol. The fourth-order valence-electron chi connectivity index (χ4n) is 12.1. The second kappa shape index (κ2) is 39.9. The number of aromatic hydroxyl groups is 1. The van der Waals surface area contributed by atoms with Crippen LogP contribution in [0.15, 0.2) is 97.7 Å². The molecule has 0 aliphatic carbocycles. The number of aromatic amines is 3. The van der Waals surface area contributed by atoms with E-state index >= 15 is 14.4 Å². The van der Waals surface area contributed by atoms with Crippen molar-refractivity contribution < 1.29 is 97.8 Å². The van der Waals surface area contributed by atoms with Crippen molar-refractivity contribution in [3.05, 3.63) is 120 Å². The maximum Gasteiger partial charge on any atom is 0.327 e. The summed E-state index contributed by atoms with van der Waals surface area (Å²) in [4.78, 5) is 207. The molecule has 22 N–H and O–H groups in total. The van der Waals surface area contributed by atoms with E-state index < -0.39 is 199 Å². The van der Waals surface area contributed by atoms with Gasteiger partial charge in [0, 0.05) is 78.4 Å². The number of nitrogens with one attached hydrogen (secondary N) is 14. The van der Waals surface area contributed by atoms with Crippen LogP contribution in [0.1, 0.15) is 82.7 Å². The molecule has 6 aromatic rings. The monoisotopic (exact) mass is 1540 g/mol. The highest BCUT2D eigenvalue weighted by Gasteiger charge is 2.41. The molecule has 1 fully saturated rings. The molecule has 0 unspecified atom stereocenters. The summed E-state index contributed by atoms with van der Waals surface area (Å²) in [6.45, 7) is 5.06. The number of H-pyrrole nitrogens is 3. The van der Waals surface area contributed by atoms with Crippen molar-refractivity contribution in [2.45, 2.75) is 171 Å². The number of thiol groups is 1. The van der Waals surface area contributed by atoms with Crippen LogP contribution in [0.25, 0.3) is 21.8 Å². The number of nitrogens with zero attached hydrogens (tertiary/aromatic N) is 2. The smallest absolute Gasteiger partial charge is 0.327 e. The van der Waals surface area contributed by atoms with Crippen LogP contribution in [0.5, 0.6) is 5.75 Å². The van der Waals surface area contributed by atoms with Crippen LogP contribution in [0.3, 0.4) is 0 Å². The zero-order valence-electron chi connectivity index (χ0n) is 60.2. The van der Waals surface area contributed by atoms with Gasteiger partial charge in [0.1, 0.15) is 72.2 Å². The van der Waals surface area contributed by atoms with Gasteiger partial charge in [0.15, 0.2) is 0 Å². The lowest BCUT2D eigenvalue weighted by Gasteiger charge is -2.29. The molecule has 38 heteroatoms. The number of phenols is 1. The van der Waals surface area contributed by atoms with E-state index in [0.29, 0.717) is 50.6 Å². The number of amides is 12. The van der Waals surface area contributed by atoms with Crippen LogP contribution in [0.2, 0.25) is 0 Å². The van der Waals surface area contributed by atoms with Gasteiger partial charge < -0.3 is 115 Å². The van der Waals surface area contributed by atoms with Crippen molar-refractivity contribution in [3.63, 3.8) is 0 Å². The molecule has 3 aromatic heterocycles. The van der Waals surface area contributed by atoms with Gasteiger partial charge in [0.25, 0.3) is 0 Å². The summed E-state index contributed by atoms with van der Waals surface area (Å²) >= 11 is 3.96. The number of carboxylic acid groups (broad SMARTS) is 2. The fourth-order valence-corrected chi connectivity index (χ4v) is 12.4. The number of aliphatic carboxylic acids is 2. The maximum atomic E-state index is 15.4. The number of carbonyl (C=O) groups excluding carboxylic acids is 12. The molecule has 7 rings (SSSR count). The number of fused-ring (bicyclic) bond motifs is 2. The van der Waals surface area contributed by atoms with Gasteiger partial charge in [-0.2, -0.15) is 12.6 Å². The third kappa shape index (κ3) is 24.3. The number of imidazole rings is 1. The quantitative estimate of drug-likeness (QED) is 0.0163. The predicted molar refractivity (Wildman–Crippen MR) is 392 cm³/mol. The van der Waals surface area contributed by atoms with E-state index in [9.17, 15) is 83.4 Å². The molecule has 0 radical (unpaired) electrons. The summed E-state index contributed by atoms with van der Waals surface area (Å²) in [6.07, 6.45) is 0.926. The van der Waals surface area contributed by atoms with Crippen molar-refractivity contribution in [1.82, 2.24) is 83.3 Å². The SMILES string of the molecule is CC(C)C[C@H](NC(=O)[C@H](Cc1c[nH]c2ccccc12)NC(=O)[C@H](Cc1c[nH]c2ccccc12)NC(=O)[C@H](Cc1ccc(O)cc1)NC(=O)[C@@H](NC(=O)[C@H](CO)NC(=O)[C@@H](NC(=O)[C@@H](N)Cc1c[nH]cn1)[C@@H](C)O)[C@@H](C)O)C(=O)N[C@@H](CC(=O)O)C(=O)NCC(=O)N[C@@H](C)C(=O)N1CCC[C@H]1C(=O)N[C@@H](CS)C(=O)O. The zero-order chi connectivity index (χ0) is 79.9. The van der Waals surface area contributed by atoms with Crippen LogP contribution in [0, 0.1) is 5.92 Å². The van der Waals surface area contributed by atoms with Crippen molar-refractivity contribution in [1.29, 1.82) is 0 Å². The minimum Gasteiger partial charge on any atom is -0.508 e. The summed E-state index contributed by atoms with van der Waals surface area (Å²) in [5.41, 5.74) is 8.93. The molecular formula is C71H93N17O20S. The molecule has 0 bridgehead atoms. The van der Waals surface area contributed by atoms with E-state index in [1.54, 1.807) is 74.8 Å². The Hall–Kier alpha value is -11.5. The first-order chi connectivity index (χ1) is 51.7. The average Bonchev–Trinajstić information content (AvgIpc) is 1.73. The third-order valence-electron chi connectivity index (χ3n) is 17.9. The van der Waals surface area contributed by atoms with Gasteiger partial charge in [-0.3, -0.25) is 62.3 Å². The number of hydrogen-bond acceptors (Lipinski definition) is 21. The normalized spacial score (nSPS) is 16.3. The second-order valence-electron chi connectivity index (χ2n) is 26.9. The molecule has 109 heavy (non-hydrogen) atoms. The van der Waals surface area contributed by atoms with E-state index in [2.05, 4.69) is 91.0 Å². The Balaban J connectivity index is 1.11. The summed E-state index contributed by atoms with van der Waals surface area (Å²) in [6, 6.07) is 0.277. The Morgan fingerprint density at radius 2 is 1.06 bits per heavy atom. The number of rotatable bonds is 40. The standard InChI is InChI=1S/C71H93N17O20S/c1-34(2)21-48(62(98)82-52(26-57(94)95)61(97)76-30-56(93)78-35(3)70(106)88-20-10-15-55(88)67(103)85-54(32-109)71(107)108)79-64(100)50(23-39-27-74-46-13-8-6-11-43(39)46)81-65(101)51(24-40-28-75-47-14-9-7-12-44(40)47)80-63(99)49(22-38-16-18-42(92)19-17-38)83-68(104)59(37(5)91)87-66(102)53(31-89)84-69(105)58(36(4)90)86-60(96)45(72)25-41-29-73-33-77-41/h6-9,11-14,16-19,27-29,33-37,45,48-55,58-59,74-75,89-92,109H,10,15,20-26,30-32,72H2,1-5H3,(H,73,77)(H,76,97)(H,78,93)(H,79,100)(H,80,99)(H,81,101)(H,82,98)(H,83,104)(H,84,105)(H,85,103)(H,86,96)(H,87,102)(H,94,95)(H,107,108)/t35-,36+,37+,45-,48-,49-,50-,51-,52-,53-,54-,55-,58-,59-/m0/s1. The van der Waals surface area contributed by atoms with Gasteiger partial charge in [-0.1, -0.05) is 62.4 Å². The molecule has 37 nitrogen and oxygen atoms in total. The lowest BCUT2D eigenvalue weighted by molar-refractivity contribution is -0.144. The number of benzene rings is 3. The lowest BCUT2D eigenvalue weighted by atomic mass is 9.99. The first kappa shape index (κ1) is 84.8. The summed E-state index contributed by atoms with van der Waals surface area (Å²) in [5, 5.41) is 89.6. The number of para-hydroxylation sites is 2. The van der Waals surface area contributed by atoms with E-state index in [0.717, 1.165) is 13.8 Å². The number of hydrogen-bond donors (Lipinski definition) is 22. The van der Waals surface area contributed by atoms with Crippen LogP contribution < -0.4 is 64.2 Å². The highest BCUT2D eigenvalue weighted by atomic mass is 32.1. The molecule has 0 spiro atoms. The maximum absolute atomic E-state index is 15.4. The molecule has 1 saturated heterocycles. The number of carbonyl (C=O) groups is 14. The fraction of sp³-hybridized carbons (Fsp3) is 0.451. The largest absolute Gasteiger partial charge is 0.508 e. The van der Waals surface area contributed by atoms with Gasteiger partial charge in [-0.05, 0) is 86.9 Å². The zero-order valence-corrected chi connectivity index (χ0v) is 61.1. The van der Waals surface area contributed by atoms with E-state index in [-0.39, 0.29) is 50.2 Å². The molecular weight excluding hydrogens is 1440 g/mol. The molecule has 3 aromatic carbocycles. The van der Waals surface area contributed by atoms with Crippen molar-refractivity contribution in [2.75, 3.05) is 25.4 Å². The number of nitrogens with two attached hydrogens (primary N) is 1. The number of carboxylic acids is 2. The van der Waals surface area contributed by atoms with Crippen LogP contribution >= 0.6 is 12.6 Å². The molecule has 1 aliphatic heterocycles. The number of aliphatic hydroxyl groups is 3. The molecule has 4 heterocycles. The van der Waals surface area contributed by atoms with E-state index in [1.807, 2.05) is 0 Å². The summed E-state index contributed by atoms with van der Waals surface area (Å²) in [5.74, 6) is -16.0. The lowest BCUT2D eigenvalue weighted by Crippen LogP contribution is -2.63. The Labute approximate surface area is 629 Å². The van der Waals surface area contributed by atoms with Crippen LogP contribution in [-0.4, -0.2) is 248 Å². The predicted octanol–water partition coefficient (Wildman–Crippen LogP) is -4.06. The molecule has 14 atom stereocenters. The van der Waals surface area contributed by atoms with Crippen LogP contribution in [-0.2, 0) is 92.8 Å². The van der Waals surface area contributed by atoms with Gasteiger partial charge in [0.2, 0.25) is 70.9 Å². The Morgan fingerprint density at radius 1 is 0.569 bits per heavy atom. The molecule has 588 valence electrons. The first-order valence-corrected chi connectivity index (χ1v) is 35.6. The van der Waals surface area contributed by atoms with Crippen molar-refractivity contribution >= 4 is 117 Å². The summed E-state index contributed by atoms with van der Waals surface area (Å²) < 4.78 is 0. The highest BCUT2D eigenvalue weighted by Crippen LogP contribution is 2.24. The topological polar surface area (TPSA) is 582 Å². The Bertz CT molecular complexity index is 4230. The number of likely N-dealkylation sites (tertiary alicyclic amines) is 1. The van der Waals surface area contributed by atoms with Gasteiger partial charge in [-0.15, -0.1) is 0 Å². The van der Waals surface area contributed by atoms with Crippen LogP contribution in [0.4, 0.5) is 0 Å². The minimum atomic E-state index is -1.97. The van der Waals surface area contributed by atoms with E-state index in [1.165, 1.54) is 48.6 Å². The van der Waals surface area contributed by atoms with Crippen molar-refractivity contribution in [3.8, 4) is 5.75 Å². The number of phenolic OH excluding ortho intramolecular Hbond substituents is 1. The summed E-state index contributed by atoms with van der Waals surface area (Å²) in [7, 11) is 0. The third-order valence-corrected chi connectivity index (χ3v) is 18.3. The second-order valence-corrected chi connectivity index (χ2v) is 27.2. The number of aliphatic hydroxyl groups excluding tert-OH is 3. The number of aromatic nitrogens is 4. The van der Waals surface area contributed by atoms with Gasteiger partial charge in [0.05, 0.1) is 49.8 Å². The first-order valence-electron chi connectivity index (χ1n) is 35.0. The molecule has 0 saturated carbocycles. The minimum absolute atomic E-state index is 0.0706. The molecule has 12 amide bonds. The Morgan fingerprint density at radius 3 is 1.57 bits per heavy atom. The van der Waals surface area contributed by atoms with E-state index in [4.69, 9.17) is 5.73 Å². The highest BCUT2D eigenvalue weighted by molar-refractivity contribution is 7.80. The Kier molecular flexibility index (Phi) is 31.1. The van der Waals surface area contributed by atoms with Crippen molar-refractivity contribution in [2.24, 2.45) is 11.7 Å².